The van der Waals surface area contributed by atoms with Gasteiger partial charge in [-0.3, -0.25) is 0 Å². The lowest BCUT2D eigenvalue weighted by Gasteiger charge is -2.26. The molecule has 0 aliphatic carbocycles. The lowest BCUT2D eigenvalue weighted by Crippen LogP contribution is -2.18. The van der Waals surface area contributed by atoms with Crippen molar-refractivity contribution in [1.82, 2.24) is 0 Å². The summed E-state index contributed by atoms with van der Waals surface area (Å²) in [5.74, 6) is 0. The summed E-state index contributed by atoms with van der Waals surface area (Å²) >= 11 is 0. The van der Waals surface area contributed by atoms with Gasteiger partial charge in [0, 0.05) is 24.0 Å². The highest BCUT2D eigenvalue weighted by molar-refractivity contribution is 5.86. The van der Waals surface area contributed by atoms with E-state index in [4.69, 9.17) is 0 Å². The van der Waals surface area contributed by atoms with Crippen LogP contribution in [0, 0.1) is 0 Å². The number of benzene rings is 1. The molecule has 1 heteroatoms. The number of para-hydroxylation sites is 1. The molecule has 1 aliphatic heterocycles. The molecule has 1 aliphatic rings. The van der Waals surface area contributed by atoms with Gasteiger partial charge in [-0.1, -0.05) is 36.9 Å². The van der Waals surface area contributed by atoms with Crippen LogP contribution in [0.15, 0.2) is 55.3 Å². The highest BCUT2D eigenvalue weighted by Crippen LogP contribution is 2.32. The molecule has 0 N–H and O–H groups in total. The maximum Gasteiger partial charge on any atom is 0.0485 e. The van der Waals surface area contributed by atoms with Gasteiger partial charge in [-0.05, 0) is 24.6 Å². The molecule has 0 atom stereocenters. The van der Waals surface area contributed by atoms with Gasteiger partial charge in [-0.15, -0.1) is 0 Å². The standard InChI is InChI=1S/C14H15N/c1-3-7-12-10-11-15(4-2)14-9-6-5-8-13(12)14/h3,5-11H,1,4H2,2H3/b12-7+. The topological polar surface area (TPSA) is 3.24 Å². The molecule has 0 radical (unpaired) electrons. The molecule has 1 aromatic rings. The number of anilines is 1. The first-order chi connectivity index (χ1) is 7.36. The number of nitrogens with zero attached hydrogens (tertiary/aromatic N) is 1. The van der Waals surface area contributed by atoms with E-state index in [2.05, 4.69) is 54.9 Å². The Kier molecular flexibility index (Phi) is 2.72. The average molecular weight is 197 g/mol. The van der Waals surface area contributed by atoms with Gasteiger partial charge in [0.2, 0.25) is 0 Å². The first-order valence-electron chi connectivity index (χ1n) is 5.23. The normalized spacial score (nSPS) is 16.6. The summed E-state index contributed by atoms with van der Waals surface area (Å²) in [6, 6.07) is 8.45. The van der Waals surface area contributed by atoms with Crippen molar-refractivity contribution in [1.29, 1.82) is 0 Å². The Morgan fingerprint density at radius 2 is 2.13 bits per heavy atom. The third-order valence-corrected chi connectivity index (χ3v) is 2.60. The van der Waals surface area contributed by atoms with Crippen molar-refractivity contribution in [2.45, 2.75) is 6.92 Å². The Labute approximate surface area is 91.0 Å². The van der Waals surface area contributed by atoms with Crippen LogP contribution in [0.1, 0.15) is 12.5 Å². The summed E-state index contributed by atoms with van der Waals surface area (Å²) < 4.78 is 0. The van der Waals surface area contributed by atoms with E-state index < -0.39 is 0 Å². The van der Waals surface area contributed by atoms with Gasteiger partial charge in [0.15, 0.2) is 0 Å². The quantitative estimate of drug-likeness (QED) is 0.700. The lowest BCUT2D eigenvalue weighted by atomic mass is 10.00. The Morgan fingerprint density at radius 3 is 2.87 bits per heavy atom. The molecular formula is C14H15N. The fourth-order valence-corrected chi connectivity index (χ4v) is 1.86. The minimum Gasteiger partial charge on any atom is -0.348 e. The van der Waals surface area contributed by atoms with Crippen LogP contribution in [0.3, 0.4) is 0 Å². The van der Waals surface area contributed by atoms with Gasteiger partial charge in [-0.2, -0.15) is 0 Å². The summed E-state index contributed by atoms with van der Waals surface area (Å²) in [6.45, 7) is 6.89. The number of hydrogen-bond acceptors (Lipinski definition) is 1. The summed E-state index contributed by atoms with van der Waals surface area (Å²) in [4.78, 5) is 2.25. The molecule has 0 bridgehead atoms. The van der Waals surface area contributed by atoms with Gasteiger partial charge in [0.05, 0.1) is 0 Å². The summed E-state index contributed by atoms with van der Waals surface area (Å²) in [7, 11) is 0. The van der Waals surface area contributed by atoms with E-state index in [1.54, 1.807) is 0 Å². The monoisotopic (exact) mass is 197 g/mol. The summed E-state index contributed by atoms with van der Waals surface area (Å²) in [5, 5.41) is 0. The number of fused-ring (bicyclic) bond motifs is 1. The molecule has 1 nitrogen and oxygen atoms in total. The number of rotatable bonds is 2. The van der Waals surface area contributed by atoms with E-state index in [-0.39, 0.29) is 0 Å². The molecule has 1 aromatic carbocycles. The van der Waals surface area contributed by atoms with Gasteiger partial charge in [0.25, 0.3) is 0 Å². The Morgan fingerprint density at radius 1 is 1.33 bits per heavy atom. The van der Waals surface area contributed by atoms with Gasteiger partial charge >= 0.3 is 0 Å². The fourth-order valence-electron chi connectivity index (χ4n) is 1.86. The van der Waals surface area contributed by atoms with Crippen molar-refractivity contribution in [3.8, 4) is 0 Å². The van der Waals surface area contributed by atoms with Crippen molar-refractivity contribution in [2.75, 3.05) is 11.4 Å². The van der Waals surface area contributed by atoms with E-state index in [0.29, 0.717) is 0 Å². The molecule has 0 aromatic heterocycles. The van der Waals surface area contributed by atoms with Crippen LogP contribution < -0.4 is 4.90 Å². The van der Waals surface area contributed by atoms with Crippen LogP contribution in [0.2, 0.25) is 0 Å². The van der Waals surface area contributed by atoms with E-state index in [0.717, 1.165) is 6.54 Å². The van der Waals surface area contributed by atoms with Gasteiger partial charge in [-0.25, -0.2) is 0 Å². The second-order valence-corrected chi connectivity index (χ2v) is 3.48. The van der Waals surface area contributed by atoms with Crippen molar-refractivity contribution in [3.05, 3.63) is 60.8 Å². The highest BCUT2D eigenvalue weighted by Gasteiger charge is 2.13. The zero-order chi connectivity index (χ0) is 10.7. The second kappa shape index (κ2) is 4.18. The Hall–Kier alpha value is -1.76. The molecule has 2 rings (SSSR count). The minimum absolute atomic E-state index is 0.995. The predicted octanol–water partition coefficient (Wildman–Crippen LogP) is 3.61. The van der Waals surface area contributed by atoms with Gasteiger partial charge < -0.3 is 4.90 Å². The maximum atomic E-state index is 3.74. The van der Waals surface area contributed by atoms with Crippen LogP contribution >= 0.6 is 0 Å². The van der Waals surface area contributed by atoms with E-state index in [1.807, 2.05) is 12.2 Å². The first kappa shape index (κ1) is 9.78. The minimum atomic E-state index is 0.995. The summed E-state index contributed by atoms with van der Waals surface area (Å²) in [6.07, 6.45) is 8.13. The van der Waals surface area contributed by atoms with E-state index in [1.165, 1.54) is 16.8 Å². The van der Waals surface area contributed by atoms with E-state index in [9.17, 15) is 0 Å². The molecular weight excluding hydrogens is 182 g/mol. The largest absolute Gasteiger partial charge is 0.348 e. The van der Waals surface area contributed by atoms with Crippen molar-refractivity contribution < 1.29 is 0 Å². The molecule has 0 fully saturated rings. The SMILES string of the molecule is C=C/C=C1\C=CN(CC)c2ccccc21. The van der Waals surface area contributed by atoms with Crippen molar-refractivity contribution >= 4 is 11.3 Å². The second-order valence-electron chi connectivity index (χ2n) is 3.48. The summed E-state index contributed by atoms with van der Waals surface area (Å²) in [5.41, 5.74) is 3.78. The fraction of sp³-hybridized carbons (Fsp3) is 0.143. The number of hydrogen-bond donors (Lipinski definition) is 0. The van der Waals surface area contributed by atoms with E-state index >= 15 is 0 Å². The third kappa shape index (κ3) is 1.73. The first-order valence-corrected chi connectivity index (χ1v) is 5.23. The molecule has 76 valence electrons. The number of allylic oxidation sites excluding steroid dienone is 4. The molecule has 0 saturated carbocycles. The van der Waals surface area contributed by atoms with Gasteiger partial charge in [0.1, 0.15) is 0 Å². The van der Waals surface area contributed by atoms with Crippen LogP contribution in [0.4, 0.5) is 5.69 Å². The highest BCUT2D eigenvalue weighted by atomic mass is 15.1. The van der Waals surface area contributed by atoms with Crippen LogP contribution in [0.5, 0.6) is 0 Å². The molecule has 1 heterocycles. The van der Waals surface area contributed by atoms with Crippen molar-refractivity contribution in [2.24, 2.45) is 0 Å². The predicted molar refractivity (Wildman–Crippen MR) is 66.8 cm³/mol. The maximum absolute atomic E-state index is 3.74. The third-order valence-electron chi connectivity index (χ3n) is 2.60. The molecule has 0 unspecified atom stereocenters. The Bertz CT molecular complexity index is 427. The molecule has 15 heavy (non-hydrogen) atoms. The molecule has 0 saturated heterocycles. The molecule has 0 spiro atoms. The van der Waals surface area contributed by atoms with Crippen molar-refractivity contribution in [3.63, 3.8) is 0 Å². The molecule has 0 amide bonds. The average Bonchev–Trinajstić information content (AvgIpc) is 2.30. The zero-order valence-corrected chi connectivity index (χ0v) is 8.98. The van der Waals surface area contributed by atoms with Crippen LogP contribution in [0.25, 0.3) is 5.57 Å². The smallest absolute Gasteiger partial charge is 0.0485 e. The van der Waals surface area contributed by atoms with Crippen LogP contribution in [-0.4, -0.2) is 6.54 Å². The zero-order valence-electron chi connectivity index (χ0n) is 8.98. The Balaban J connectivity index is 2.54. The lowest BCUT2D eigenvalue weighted by molar-refractivity contribution is 1.01. The van der Waals surface area contributed by atoms with Crippen LogP contribution in [-0.2, 0) is 0 Å².